The van der Waals surface area contributed by atoms with Crippen LogP contribution >= 0.6 is 11.3 Å². The summed E-state index contributed by atoms with van der Waals surface area (Å²) in [5.74, 6) is 0.253. The number of hydrogen-bond acceptors (Lipinski definition) is 5. The van der Waals surface area contributed by atoms with Gasteiger partial charge in [-0.1, -0.05) is 12.1 Å². The molecule has 0 spiro atoms. The number of likely N-dealkylation sites (tertiary alicyclic amines) is 1. The lowest BCUT2D eigenvalue weighted by Crippen LogP contribution is -2.46. The van der Waals surface area contributed by atoms with Crippen LogP contribution in [0.4, 0.5) is 11.4 Å². The minimum absolute atomic E-state index is 0.0871. The van der Waals surface area contributed by atoms with E-state index in [1.54, 1.807) is 16.2 Å². The number of carbonyl (C=O) groups excluding carboxylic acids is 2. The van der Waals surface area contributed by atoms with Gasteiger partial charge in [0.2, 0.25) is 12.3 Å². The molecule has 3 aromatic rings. The molecular formula is C25H30N4O2S. The van der Waals surface area contributed by atoms with Crippen molar-refractivity contribution >= 4 is 45.2 Å². The molecule has 0 aliphatic carbocycles. The highest BCUT2D eigenvalue weighted by molar-refractivity contribution is 7.16. The number of aromatic nitrogens is 1. The van der Waals surface area contributed by atoms with Crippen molar-refractivity contribution in [2.45, 2.75) is 45.7 Å². The zero-order valence-corrected chi connectivity index (χ0v) is 19.7. The fourth-order valence-electron chi connectivity index (χ4n) is 4.15. The number of benzene rings is 2. The van der Waals surface area contributed by atoms with Gasteiger partial charge >= 0.3 is 0 Å². The molecule has 1 aromatic heterocycles. The molecule has 2 amide bonds. The number of fused-ring (bicyclic) bond motifs is 1. The smallest absolute Gasteiger partial charge is 0.223 e. The Bertz CT molecular complexity index is 1100. The van der Waals surface area contributed by atoms with Gasteiger partial charge in [-0.15, -0.1) is 11.3 Å². The number of rotatable bonds is 6. The number of anilines is 2. The number of piperidine rings is 1. The Kier molecular flexibility index (Phi) is 6.58. The lowest BCUT2D eigenvalue weighted by molar-refractivity contribution is -0.128. The number of hydrogen-bond donors (Lipinski definition) is 1. The van der Waals surface area contributed by atoms with Crippen LogP contribution in [-0.4, -0.2) is 40.8 Å². The van der Waals surface area contributed by atoms with E-state index in [9.17, 15) is 9.59 Å². The summed E-state index contributed by atoms with van der Waals surface area (Å²) in [4.78, 5) is 32.8. The molecule has 1 N–H and O–H groups in total. The first-order chi connectivity index (χ1) is 15.3. The summed E-state index contributed by atoms with van der Waals surface area (Å²) in [6.07, 6.45) is 2.61. The monoisotopic (exact) mass is 450 g/mol. The Hall–Kier alpha value is -2.77. The average molecular weight is 451 g/mol. The van der Waals surface area contributed by atoms with Crippen molar-refractivity contribution < 1.29 is 9.59 Å². The first kappa shape index (κ1) is 22.4. The molecule has 2 heterocycles. The van der Waals surface area contributed by atoms with Crippen LogP contribution < -0.4 is 10.2 Å². The lowest BCUT2D eigenvalue weighted by atomic mass is 9.94. The number of amides is 2. The second kappa shape index (κ2) is 9.38. The average Bonchev–Trinajstić information content (AvgIpc) is 3.22. The lowest BCUT2D eigenvalue weighted by Gasteiger charge is -2.33. The normalized spacial score (nSPS) is 15.6. The molecule has 6 nitrogen and oxygen atoms in total. The summed E-state index contributed by atoms with van der Waals surface area (Å²) in [6.45, 7) is 8.65. The van der Waals surface area contributed by atoms with E-state index in [4.69, 9.17) is 0 Å². The molecule has 1 saturated heterocycles. The Balaban J connectivity index is 1.41. The second-order valence-electron chi connectivity index (χ2n) is 9.44. The van der Waals surface area contributed by atoms with Gasteiger partial charge in [0.25, 0.3) is 0 Å². The molecule has 0 radical (unpaired) electrons. The van der Waals surface area contributed by atoms with Crippen LogP contribution in [0.25, 0.3) is 10.2 Å². The fraction of sp³-hybridized carbons (Fsp3) is 0.400. The highest BCUT2D eigenvalue weighted by atomic mass is 32.1. The van der Waals surface area contributed by atoms with Crippen LogP contribution in [0.1, 0.15) is 39.2 Å². The van der Waals surface area contributed by atoms with Crippen molar-refractivity contribution in [1.82, 2.24) is 15.2 Å². The highest BCUT2D eigenvalue weighted by Crippen LogP contribution is 2.30. The van der Waals surface area contributed by atoms with E-state index in [1.807, 2.05) is 56.6 Å². The zero-order chi connectivity index (χ0) is 22.7. The minimum atomic E-state index is -0.191. The third kappa shape index (κ3) is 5.34. The van der Waals surface area contributed by atoms with Gasteiger partial charge in [0.05, 0.1) is 21.4 Å². The number of nitrogens with zero attached hydrogens (tertiary/aromatic N) is 3. The van der Waals surface area contributed by atoms with Crippen LogP contribution in [0.15, 0.2) is 48.0 Å². The first-order valence-corrected chi connectivity index (χ1v) is 11.9. The molecule has 2 aromatic carbocycles. The SMILES string of the molecule is CC(C)(C)NC(=O)C1CCN(Cc2cccc(N(C=O)c3ccc4ncsc4c3)c2)CC1. The van der Waals surface area contributed by atoms with Crippen LogP contribution in [0, 0.1) is 5.92 Å². The van der Waals surface area contributed by atoms with Gasteiger partial charge in [0.15, 0.2) is 0 Å². The second-order valence-corrected chi connectivity index (χ2v) is 10.3. The van der Waals surface area contributed by atoms with E-state index in [-0.39, 0.29) is 17.4 Å². The molecule has 0 bridgehead atoms. The van der Waals surface area contributed by atoms with Gasteiger partial charge in [-0.05, 0) is 82.6 Å². The molecule has 1 fully saturated rings. The van der Waals surface area contributed by atoms with Crippen molar-refractivity contribution in [2.75, 3.05) is 18.0 Å². The highest BCUT2D eigenvalue weighted by Gasteiger charge is 2.27. The molecular weight excluding hydrogens is 420 g/mol. The predicted octanol–water partition coefficient (Wildman–Crippen LogP) is 4.72. The maximum absolute atomic E-state index is 12.5. The van der Waals surface area contributed by atoms with Crippen molar-refractivity contribution in [3.8, 4) is 0 Å². The molecule has 1 aliphatic heterocycles. The Morgan fingerprint density at radius 3 is 2.66 bits per heavy atom. The third-order valence-electron chi connectivity index (χ3n) is 5.75. The molecule has 1 aliphatic rings. The van der Waals surface area contributed by atoms with E-state index >= 15 is 0 Å². The van der Waals surface area contributed by atoms with Crippen molar-refractivity contribution in [3.63, 3.8) is 0 Å². The predicted molar refractivity (Wildman–Crippen MR) is 130 cm³/mol. The number of nitrogens with one attached hydrogen (secondary N) is 1. The Morgan fingerprint density at radius 2 is 1.94 bits per heavy atom. The summed E-state index contributed by atoms with van der Waals surface area (Å²) in [7, 11) is 0. The summed E-state index contributed by atoms with van der Waals surface area (Å²) >= 11 is 1.57. The quantitative estimate of drug-likeness (QED) is 0.552. The maximum Gasteiger partial charge on any atom is 0.223 e. The van der Waals surface area contributed by atoms with Crippen LogP contribution in [0.3, 0.4) is 0 Å². The number of thiazole rings is 1. The van der Waals surface area contributed by atoms with Gasteiger partial charge in [-0.3, -0.25) is 19.4 Å². The summed E-state index contributed by atoms with van der Waals surface area (Å²) in [5, 5.41) is 3.11. The number of carbonyl (C=O) groups is 2. The zero-order valence-electron chi connectivity index (χ0n) is 18.9. The molecule has 7 heteroatoms. The van der Waals surface area contributed by atoms with E-state index in [0.29, 0.717) is 0 Å². The fourth-order valence-corrected chi connectivity index (χ4v) is 4.86. The largest absolute Gasteiger partial charge is 0.351 e. The molecule has 4 rings (SSSR count). The standard InChI is InChI=1S/C25H30N4O2S/c1-25(2,3)27-24(31)19-9-11-28(12-10-19)15-18-5-4-6-20(13-18)29(17-30)21-7-8-22-23(14-21)32-16-26-22/h4-8,13-14,16-17,19H,9-12,15H2,1-3H3,(H,27,31). The van der Waals surface area contributed by atoms with E-state index in [2.05, 4.69) is 27.3 Å². The van der Waals surface area contributed by atoms with Gasteiger partial charge < -0.3 is 5.32 Å². The Morgan fingerprint density at radius 1 is 1.19 bits per heavy atom. The van der Waals surface area contributed by atoms with Crippen LogP contribution in [0.2, 0.25) is 0 Å². The molecule has 168 valence electrons. The molecule has 0 unspecified atom stereocenters. The molecule has 32 heavy (non-hydrogen) atoms. The van der Waals surface area contributed by atoms with Gasteiger partial charge in [-0.2, -0.15) is 0 Å². The van der Waals surface area contributed by atoms with E-state index in [1.165, 1.54) is 0 Å². The maximum atomic E-state index is 12.5. The first-order valence-electron chi connectivity index (χ1n) is 11.0. The topological polar surface area (TPSA) is 65.5 Å². The van der Waals surface area contributed by atoms with Crippen LogP contribution in [0.5, 0.6) is 0 Å². The minimum Gasteiger partial charge on any atom is -0.351 e. The van der Waals surface area contributed by atoms with Gasteiger partial charge in [-0.25, -0.2) is 4.98 Å². The summed E-state index contributed by atoms with van der Waals surface area (Å²) in [6, 6.07) is 14.0. The van der Waals surface area contributed by atoms with Gasteiger partial charge in [0.1, 0.15) is 0 Å². The third-order valence-corrected chi connectivity index (χ3v) is 6.54. The van der Waals surface area contributed by atoms with E-state index < -0.39 is 0 Å². The van der Waals surface area contributed by atoms with Crippen molar-refractivity contribution in [1.29, 1.82) is 0 Å². The van der Waals surface area contributed by atoms with E-state index in [0.717, 1.165) is 66.0 Å². The Labute approximate surface area is 193 Å². The summed E-state index contributed by atoms with van der Waals surface area (Å²) in [5.41, 5.74) is 5.41. The van der Waals surface area contributed by atoms with Crippen LogP contribution in [-0.2, 0) is 16.1 Å². The molecule has 0 saturated carbocycles. The van der Waals surface area contributed by atoms with Gasteiger partial charge in [0, 0.05) is 23.7 Å². The van der Waals surface area contributed by atoms with Crippen molar-refractivity contribution in [2.24, 2.45) is 5.92 Å². The summed E-state index contributed by atoms with van der Waals surface area (Å²) < 4.78 is 1.06. The van der Waals surface area contributed by atoms with Crippen molar-refractivity contribution in [3.05, 3.63) is 53.5 Å². The molecule has 0 atom stereocenters.